The van der Waals surface area contributed by atoms with E-state index >= 15 is 0 Å². The van der Waals surface area contributed by atoms with Crippen molar-refractivity contribution in [1.82, 2.24) is 4.90 Å². The molecule has 2 atom stereocenters. The second-order valence-corrected chi connectivity index (χ2v) is 8.85. The fourth-order valence-corrected chi connectivity index (χ4v) is 4.52. The number of carbonyl (C=O) groups excluding carboxylic acids is 2. The van der Waals surface area contributed by atoms with E-state index in [-0.39, 0.29) is 17.8 Å². The fraction of sp³-hybridized carbons (Fsp3) is 0.435. The van der Waals surface area contributed by atoms with Crippen molar-refractivity contribution in [2.45, 2.75) is 45.4 Å². The van der Waals surface area contributed by atoms with Crippen molar-refractivity contribution >= 4 is 28.8 Å². The molecule has 1 saturated heterocycles. The largest absolute Gasteiger partial charge is 0.493 e. The lowest BCUT2D eigenvalue weighted by Gasteiger charge is -2.33. The van der Waals surface area contributed by atoms with E-state index in [2.05, 4.69) is 25.4 Å². The van der Waals surface area contributed by atoms with Gasteiger partial charge in [0, 0.05) is 0 Å². The zero-order valence-corrected chi connectivity index (χ0v) is 18.7. The third-order valence-corrected chi connectivity index (χ3v) is 6.17. The van der Waals surface area contributed by atoms with Crippen molar-refractivity contribution in [1.29, 1.82) is 0 Å². The van der Waals surface area contributed by atoms with E-state index in [1.165, 1.54) is 17.8 Å². The molecule has 3 rings (SSSR count). The molecule has 0 radical (unpaired) electrons. The Balaban J connectivity index is 1.99. The van der Waals surface area contributed by atoms with Gasteiger partial charge in [-0.1, -0.05) is 57.3 Å². The minimum Gasteiger partial charge on any atom is -0.493 e. The molecule has 2 heterocycles. The summed E-state index contributed by atoms with van der Waals surface area (Å²) in [5.41, 5.74) is 1.76. The molecule has 0 aliphatic carbocycles. The highest BCUT2D eigenvalue weighted by Gasteiger charge is 2.47. The number of nitrogens with zero attached hydrogens (tertiary/aromatic N) is 2. The van der Waals surface area contributed by atoms with Crippen LogP contribution in [0.3, 0.4) is 0 Å². The Hall–Kier alpha value is -2.54. The van der Waals surface area contributed by atoms with Gasteiger partial charge in [-0.25, -0.2) is 9.79 Å². The molecule has 2 unspecified atom stereocenters. The van der Waals surface area contributed by atoms with Gasteiger partial charge in [0.05, 0.1) is 29.2 Å². The van der Waals surface area contributed by atoms with Gasteiger partial charge in [0.1, 0.15) is 12.4 Å². The van der Waals surface area contributed by atoms with Gasteiger partial charge < -0.3 is 9.47 Å². The number of amidine groups is 1. The molecule has 0 bridgehead atoms. The predicted molar refractivity (Wildman–Crippen MR) is 119 cm³/mol. The number of ether oxygens (including phenoxy) is 2. The molecule has 160 valence electrons. The number of carbonyl (C=O) groups is 2. The molecule has 1 aromatic rings. The molecule has 1 fully saturated rings. The van der Waals surface area contributed by atoms with E-state index in [1.807, 2.05) is 31.2 Å². The summed E-state index contributed by atoms with van der Waals surface area (Å²) >= 11 is 1.45. The van der Waals surface area contributed by atoms with Crippen LogP contribution in [-0.4, -0.2) is 40.4 Å². The quantitative estimate of drug-likeness (QED) is 0.451. The minimum atomic E-state index is -0.578. The Morgan fingerprint density at radius 3 is 2.63 bits per heavy atom. The molecule has 0 N–H and O–H groups in total. The number of rotatable bonds is 8. The second-order valence-electron chi connectivity index (χ2n) is 7.68. The number of esters is 1. The lowest BCUT2D eigenvalue weighted by atomic mass is 9.94. The van der Waals surface area contributed by atoms with Crippen LogP contribution in [0.4, 0.5) is 0 Å². The Bertz CT molecular complexity index is 889. The maximum atomic E-state index is 13.1. The molecule has 6 nitrogen and oxygen atoms in total. The maximum Gasteiger partial charge on any atom is 0.338 e. The summed E-state index contributed by atoms with van der Waals surface area (Å²) < 4.78 is 11.1. The van der Waals surface area contributed by atoms with Crippen LogP contribution in [0, 0.1) is 5.92 Å². The number of hydrogen-bond donors (Lipinski definition) is 0. The van der Waals surface area contributed by atoms with Crippen LogP contribution in [0.25, 0.3) is 0 Å². The van der Waals surface area contributed by atoms with Crippen molar-refractivity contribution in [2.24, 2.45) is 10.9 Å². The molecule has 0 spiro atoms. The van der Waals surface area contributed by atoms with Crippen molar-refractivity contribution in [2.75, 3.05) is 13.2 Å². The molecule has 1 amide bonds. The van der Waals surface area contributed by atoms with E-state index in [0.717, 1.165) is 11.3 Å². The normalized spacial score (nSPS) is 20.9. The fourth-order valence-electron chi connectivity index (χ4n) is 3.39. The molecular weight excluding hydrogens is 400 g/mol. The number of aliphatic imine (C=N–C) groups is 1. The van der Waals surface area contributed by atoms with Crippen molar-refractivity contribution in [3.8, 4) is 5.75 Å². The average molecular weight is 429 g/mol. The van der Waals surface area contributed by atoms with Crippen LogP contribution in [0.15, 0.2) is 53.2 Å². The van der Waals surface area contributed by atoms with Crippen molar-refractivity contribution in [3.05, 3.63) is 53.8 Å². The lowest BCUT2D eigenvalue weighted by Crippen LogP contribution is -2.40. The Morgan fingerprint density at radius 1 is 1.33 bits per heavy atom. The van der Waals surface area contributed by atoms with Crippen LogP contribution in [0.5, 0.6) is 5.75 Å². The number of thioether (sulfide) groups is 1. The van der Waals surface area contributed by atoms with Gasteiger partial charge in [0.2, 0.25) is 5.91 Å². The predicted octanol–water partition coefficient (Wildman–Crippen LogP) is 4.49. The Kier molecular flexibility index (Phi) is 7.02. The van der Waals surface area contributed by atoms with E-state index < -0.39 is 12.0 Å². The SMILES string of the molecule is C=CCOC(=O)C1=C(C)N=C2SC(CC)C(=O)N2C1c1ccc(OCC(C)C)cc1. The highest BCUT2D eigenvalue weighted by molar-refractivity contribution is 8.15. The van der Waals surface area contributed by atoms with Gasteiger partial charge in [-0.05, 0) is 37.0 Å². The van der Waals surface area contributed by atoms with E-state index in [4.69, 9.17) is 9.47 Å². The third-order valence-electron chi connectivity index (χ3n) is 4.85. The summed E-state index contributed by atoms with van der Waals surface area (Å²) in [6.45, 7) is 12.3. The first-order valence-corrected chi connectivity index (χ1v) is 11.0. The molecule has 0 aromatic heterocycles. The van der Waals surface area contributed by atoms with E-state index in [9.17, 15) is 9.59 Å². The summed E-state index contributed by atoms with van der Waals surface area (Å²) in [6, 6.07) is 6.96. The van der Waals surface area contributed by atoms with Crippen molar-refractivity contribution < 1.29 is 19.1 Å². The average Bonchev–Trinajstić information content (AvgIpc) is 3.05. The van der Waals surface area contributed by atoms with Crippen LogP contribution in [0.1, 0.15) is 45.7 Å². The molecule has 2 aliphatic rings. The topological polar surface area (TPSA) is 68.2 Å². The first-order chi connectivity index (χ1) is 14.4. The highest BCUT2D eigenvalue weighted by atomic mass is 32.2. The number of benzene rings is 1. The monoisotopic (exact) mass is 428 g/mol. The van der Waals surface area contributed by atoms with Gasteiger partial charge in [-0.2, -0.15) is 0 Å². The smallest absolute Gasteiger partial charge is 0.338 e. The van der Waals surface area contributed by atoms with E-state index in [1.54, 1.807) is 11.8 Å². The molecule has 1 aromatic carbocycles. The first-order valence-electron chi connectivity index (χ1n) is 10.2. The minimum absolute atomic E-state index is 0.0343. The van der Waals surface area contributed by atoms with Gasteiger partial charge in [-0.3, -0.25) is 9.69 Å². The van der Waals surface area contributed by atoms with Gasteiger partial charge in [0.15, 0.2) is 5.17 Å². The van der Waals surface area contributed by atoms with Crippen LogP contribution < -0.4 is 4.74 Å². The second kappa shape index (κ2) is 9.51. The standard InChI is InChI=1S/C23H28N2O4S/c1-6-12-28-22(27)19-15(5)24-23-25(21(26)18(7-2)30-23)20(19)16-8-10-17(11-9-16)29-13-14(3)4/h6,8-11,14,18,20H,1,7,12-13H2,2-5H3. The summed E-state index contributed by atoms with van der Waals surface area (Å²) in [6.07, 6.45) is 2.22. The summed E-state index contributed by atoms with van der Waals surface area (Å²) in [4.78, 5) is 32.2. The number of fused-ring (bicyclic) bond motifs is 1. The van der Waals surface area contributed by atoms with Crippen LogP contribution >= 0.6 is 11.8 Å². The molecular formula is C23H28N2O4S. The maximum absolute atomic E-state index is 13.1. The van der Waals surface area contributed by atoms with Crippen molar-refractivity contribution in [3.63, 3.8) is 0 Å². The Labute approximate surface area is 182 Å². The van der Waals surface area contributed by atoms with Crippen LogP contribution in [-0.2, 0) is 14.3 Å². The zero-order chi connectivity index (χ0) is 21.8. The van der Waals surface area contributed by atoms with Gasteiger partial charge in [0.25, 0.3) is 0 Å². The number of allylic oxidation sites excluding steroid dienone is 1. The summed E-state index contributed by atoms with van der Waals surface area (Å²) in [5.74, 6) is 0.650. The highest BCUT2D eigenvalue weighted by Crippen LogP contribution is 2.44. The molecule has 30 heavy (non-hydrogen) atoms. The number of amides is 1. The van der Waals surface area contributed by atoms with Gasteiger partial charge in [-0.15, -0.1) is 0 Å². The zero-order valence-electron chi connectivity index (χ0n) is 17.9. The summed E-state index contributed by atoms with van der Waals surface area (Å²) in [7, 11) is 0. The third kappa shape index (κ3) is 4.46. The van der Waals surface area contributed by atoms with Crippen LogP contribution in [0.2, 0.25) is 0 Å². The first kappa shape index (κ1) is 22.2. The molecule has 0 saturated carbocycles. The molecule has 7 heteroatoms. The van der Waals surface area contributed by atoms with Gasteiger partial charge >= 0.3 is 5.97 Å². The summed E-state index contributed by atoms with van der Waals surface area (Å²) in [5, 5.41) is 0.436. The lowest BCUT2D eigenvalue weighted by molar-refractivity contribution is -0.139. The number of hydrogen-bond acceptors (Lipinski definition) is 6. The van der Waals surface area contributed by atoms with E-state index in [0.29, 0.717) is 35.4 Å². The Morgan fingerprint density at radius 2 is 2.03 bits per heavy atom. The molecule has 2 aliphatic heterocycles.